The maximum absolute atomic E-state index is 11.3. The number of nitrogens with one attached hydrogen (secondary N) is 2. The predicted octanol–water partition coefficient (Wildman–Crippen LogP) is 2.55. The van der Waals surface area contributed by atoms with Gasteiger partial charge in [-0.3, -0.25) is 10.00 Å². The lowest BCUT2D eigenvalue weighted by atomic mass is 10.0. The molecule has 1 aliphatic heterocycles. The molecule has 2 heterocycles. The van der Waals surface area contributed by atoms with E-state index in [1.807, 2.05) is 42.2 Å². The maximum Gasteiger partial charge on any atom is 0.411 e. The highest BCUT2D eigenvalue weighted by Crippen LogP contribution is 2.26. The van der Waals surface area contributed by atoms with E-state index in [2.05, 4.69) is 38.5 Å². The summed E-state index contributed by atoms with van der Waals surface area (Å²) in [6.45, 7) is 5.41. The molecule has 0 radical (unpaired) electrons. The van der Waals surface area contributed by atoms with Crippen molar-refractivity contribution in [2.24, 2.45) is 12.0 Å². The molecule has 1 fully saturated rings. The number of nitrogens with zero attached hydrogens (tertiary/aromatic N) is 4. The molecule has 1 amide bonds. The minimum absolute atomic E-state index is 0.475. The first-order valence-electron chi connectivity index (χ1n) is 9.54. The van der Waals surface area contributed by atoms with Crippen molar-refractivity contribution in [3.63, 3.8) is 0 Å². The third-order valence-electron chi connectivity index (χ3n) is 4.82. The second kappa shape index (κ2) is 9.25. The molecule has 1 aromatic carbocycles. The third kappa shape index (κ3) is 5.03. The van der Waals surface area contributed by atoms with Crippen LogP contribution in [-0.2, 0) is 18.3 Å². The summed E-state index contributed by atoms with van der Waals surface area (Å²) >= 11 is 0. The summed E-state index contributed by atoms with van der Waals surface area (Å²) in [5.41, 5.74) is 3.06. The van der Waals surface area contributed by atoms with E-state index in [0.717, 1.165) is 37.6 Å². The van der Waals surface area contributed by atoms with Gasteiger partial charge in [0.05, 0.1) is 19.9 Å². The first kappa shape index (κ1) is 19.7. The Bertz CT molecular complexity index is 814. The third-order valence-corrected chi connectivity index (χ3v) is 4.82. The fraction of sp³-hybridized carbons (Fsp3) is 0.450. The summed E-state index contributed by atoms with van der Waals surface area (Å²) in [5, 5.41) is 10.3. The number of aliphatic imine (C=N–C) groups is 1. The first-order chi connectivity index (χ1) is 13.6. The number of methoxy groups -OCH3 is 1. The summed E-state index contributed by atoms with van der Waals surface area (Å²) in [6.07, 6.45) is 4.69. The lowest BCUT2D eigenvalue weighted by Crippen LogP contribution is -2.40. The molecular weight excluding hydrogens is 356 g/mol. The van der Waals surface area contributed by atoms with Gasteiger partial charge in [-0.25, -0.2) is 9.79 Å². The molecule has 3 rings (SSSR count). The molecule has 1 aromatic heterocycles. The number of aromatic nitrogens is 2. The van der Waals surface area contributed by atoms with Crippen molar-refractivity contribution < 1.29 is 9.53 Å². The molecule has 1 saturated heterocycles. The zero-order valence-corrected chi connectivity index (χ0v) is 16.7. The molecule has 2 aromatic rings. The Hall–Kier alpha value is -3.03. The number of benzene rings is 1. The SMILES string of the molecule is CCNC(=NCc1ccc(NC(=O)OC)cc1)N1CCC(c2cnn(C)c2)C1. The van der Waals surface area contributed by atoms with Gasteiger partial charge in [-0.05, 0) is 36.6 Å². The molecule has 0 aliphatic carbocycles. The van der Waals surface area contributed by atoms with Crippen LogP contribution >= 0.6 is 0 Å². The molecule has 1 unspecified atom stereocenters. The van der Waals surface area contributed by atoms with Crippen LogP contribution in [0.25, 0.3) is 0 Å². The van der Waals surface area contributed by atoms with Gasteiger partial charge in [0.25, 0.3) is 0 Å². The van der Waals surface area contributed by atoms with Gasteiger partial charge in [0.15, 0.2) is 5.96 Å². The molecule has 8 heteroatoms. The van der Waals surface area contributed by atoms with E-state index in [1.54, 1.807) is 0 Å². The van der Waals surface area contributed by atoms with Crippen LogP contribution in [0.5, 0.6) is 0 Å². The second-order valence-electron chi connectivity index (χ2n) is 6.86. The van der Waals surface area contributed by atoms with E-state index < -0.39 is 6.09 Å². The van der Waals surface area contributed by atoms with Crippen LogP contribution in [0.4, 0.5) is 10.5 Å². The predicted molar refractivity (Wildman–Crippen MR) is 109 cm³/mol. The Balaban J connectivity index is 1.62. The van der Waals surface area contributed by atoms with Crippen LogP contribution in [-0.4, -0.2) is 53.5 Å². The minimum Gasteiger partial charge on any atom is -0.453 e. The molecule has 0 bridgehead atoms. The van der Waals surface area contributed by atoms with Crippen LogP contribution < -0.4 is 10.6 Å². The van der Waals surface area contributed by atoms with Crippen LogP contribution in [0.1, 0.15) is 30.4 Å². The van der Waals surface area contributed by atoms with Gasteiger partial charge in [0.1, 0.15) is 0 Å². The minimum atomic E-state index is -0.475. The van der Waals surface area contributed by atoms with Crippen LogP contribution in [0.2, 0.25) is 0 Å². The average Bonchev–Trinajstić information content (AvgIpc) is 3.35. The van der Waals surface area contributed by atoms with Gasteiger partial charge < -0.3 is 15.0 Å². The number of carbonyl (C=O) groups is 1. The zero-order chi connectivity index (χ0) is 19.9. The Morgan fingerprint density at radius 3 is 2.79 bits per heavy atom. The summed E-state index contributed by atoms with van der Waals surface area (Å²) in [6, 6.07) is 7.62. The van der Waals surface area contributed by atoms with Crippen LogP contribution in [0.3, 0.4) is 0 Å². The number of amides is 1. The zero-order valence-electron chi connectivity index (χ0n) is 16.7. The molecule has 150 valence electrons. The summed E-state index contributed by atoms with van der Waals surface area (Å²) < 4.78 is 6.46. The molecule has 1 aliphatic rings. The van der Waals surface area contributed by atoms with Crippen molar-refractivity contribution in [2.45, 2.75) is 25.8 Å². The number of aryl methyl sites for hydroxylation is 1. The molecule has 28 heavy (non-hydrogen) atoms. The van der Waals surface area contributed by atoms with E-state index in [1.165, 1.54) is 12.7 Å². The normalized spacial score (nSPS) is 16.9. The number of likely N-dealkylation sites (tertiary alicyclic amines) is 1. The quantitative estimate of drug-likeness (QED) is 0.611. The van der Waals surface area contributed by atoms with Gasteiger partial charge >= 0.3 is 6.09 Å². The maximum atomic E-state index is 11.3. The standard InChI is InChI=1S/C20H28N6O2/c1-4-21-19(26-10-9-16(14-26)17-12-23-25(2)13-17)22-11-15-5-7-18(8-6-15)24-20(27)28-3/h5-8,12-13,16H,4,9-11,14H2,1-3H3,(H,21,22)(H,24,27). The lowest BCUT2D eigenvalue weighted by molar-refractivity contribution is 0.187. The highest BCUT2D eigenvalue weighted by atomic mass is 16.5. The van der Waals surface area contributed by atoms with Crippen molar-refractivity contribution in [1.29, 1.82) is 0 Å². The van der Waals surface area contributed by atoms with E-state index in [9.17, 15) is 4.79 Å². The van der Waals surface area contributed by atoms with Gasteiger partial charge in [0, 0.05) is 44.5 Å². The monoisotopic (exact) mass is 384 g/mol. The number of ether oxygens (including phenoxy) is 1. The molecule has 1 atom stereocenters. The fourth-order valence-electron chi connectivity index (χ4n) is 3.33. The Kier molecular flexibility index (Phi) is 6.52. The van der Waals surface area contributed by atoms with Crippen molar-refractivity contribution in [1.82, 2.24) is 20.0 Å². The Labute approximate surface area is 165 Å². The Morgan fingerprint density at radius 2 is 2.14 bits per heavy atom. The highest BCUT2D eigenvalue weighted by molar-refractivity contribution is 5.84. The molecule has 2 N–H and O–H groups in total. The van der Waals surface area contributed by atoms with Crippen molar-refractivity contribution in [3.8, 4) is 0 Å². The van der Waals surface area contributed by atoms with Crippen LogP contribution in [0, 0.1) is 0 Å². The van der Waals surface area contributed by atoms with E-state index in [4.69, 9.17) is 4.99 Å². The number of hydrogen-bond donors (Lipinski definition) is 2. The highest BCUT2D eigenvalue weighted by Gasteiger charge is 2.26. The number of carbonyl (C=O) groups excluding carboxylic acids is 1. The van der Waals surface area contributed by atoms with E-state index in [0.29, 0.717) is 18.2 Å². The average molecular weight is 384 g/mol. The number of rotatable bonds is 5. The van der Waals surface area contributed by atoms with Crippen molar-refractivity contribution in [2.75, 3.05) is 32.1 Å². The molecule has 0 spiro atoms. The Morgan fingerprint density at radius 1 is 1.36 bits per heavy atom. The number of guanidine groups is 1. The van der Waals surface area contributed by atoms with Crippen molar-refractivity contribution in [3.05, 3.63) is 47.8 Å². The molecule has 0 saturated carbocycles. The summed E-state index contributed by atoms with van der Waals surface area (Å²) in [5.74, 6) is 1.42. The summed E-state index contributed by atoms with van der Waals surface area (Å²) in [7, 11) is 3.30. The number of hydrogen-bond acceptors (Lipinski definition) is 4. The van der Waals surface area contributed by atoms with Gasteiger partial charge in [-0.15, -0.1) is 0 Å². The van der Waals surface area contributed by atoms with Gasteiger partial charge in [0.2, 0.25) is 0 Å². The largest absolute Gasteiger partial charge is 0.453 e. The molecular formula is C20H28N6O2. The summed E-state index contributed by atoms with van der Waals surface area (Å²) in [4.78, 5) is 18.4. The number of anilines is 1. The van der Waals surface area contributed by atoms with E-state index >= 15 is 0 Å². The van der Waals surface area contributed by atoms with E-state index in [-0.39, 0.29) is 0 Å². The van der Waals surface area contributed by atoms with Crippen LogP contribution in [0.15, 0.2) is 41.7 Å². The second-order valence-corrected chi connectivity index (χ2v) is 6.86. The van der Waals surface area contributed by atoms with Crippen molar-refractivity contribution >= 4 is 17.7 Å². The van der Waals surface area contributed by atoms with Gasteiger partial charge in [-0.1, -0.05) is 12.1 Å². The first-order valence-corrected chi connectivity index (χ1v) is 9.54. The van der Waals surface area contributed by atoms with Gasteiger partial charge in [-0.2, -0.15) is 5.10 Å². The topological polar surface area (TPSA) is 83.8 Å². The smallest absolute Gasteiger partial charge is 0.411 e. The lowest BCUT2D eigenvalue weighted by Gasteiger charge is -2.21. The fourth-order valence-corrected chi connectivity index (χ4v) is 3.33. The molecule has 8 nitrogen and oxygen atoms in total.